The van der Waals surface area contributed by atoms with Gasteiger partial charge in [0, 0.05) is 4.86 Å². The van der Waals surface area contributed by atoms with Crippen LogP contribution in [0.5, 0.6) is 0 Å². The Bertz CT molecular complexity index is 443. The average molecular weight is 214 g/mol. The zero-order valence-corrected chi connectivity index (χ0v) is 8.91. The fraction of sp³-hybridized carbons (Fsp3) is 0.0769. The van der Waals surface area contributed by atoms with Gasteiger partial charge in [0.15, 0.2) is 0 Å². The molecule has 0 fully saturated rings. The van der Waals surface area contributed by atoms with Crippen LogP contribution < -0.4 is 0 Å². The van der Waals surface area contributed by atoms with E-state index in [0.717, 1.165) is 17.4 Å². The Balaban J connectivity index is 2.32. The van der Waals surface area contributed by atoms with Gasteiger partial charge in [-0.3, -0.25) is 0 Å². The molecule has 1 unspecified atom stereocenters. The van der Waals surface area contributed by atoms with Crippen molar-refractivity contribution >= 4 is 28.9 Å². The highest BCUT2D eigenvalue weighted by Gasteiger charge is 2.13. The van der Waals surface area contributed by atoms with Crippen molar-refractivity contribution in [2.24, 2.45) is 5.92 Å². The molecule has 0 amide bonds. The summed E-state index contributed by atoms with van der Waals surface area (Å²) in [7, 11) is 0. The molecule has 1 atom stereocenters. The number of carbonyl (C=O) groups excluding carboxylic acids is 1. The minimum atomic E-state index is -0.229. The molecule has 1 aromatic rings. The van der Waals surface area contributed by atoms with E-state index in [1.54, 1.807) is 0 Å². The Hall–Kier alpha value is -1.54. The van der Waals surface area contributed by atoms with Crippen molar-refractivity contribution < 1.29 is 4.79 Å². The molecule has 0 saturated carbocycles. The number of benzene rings is 1. The van der Waals surface area contributed by atoms with Gasteiger partial charge in [0.25, 0.3) is 0 Å². The minimum Gasteiger partial charge on any atom is -0.302 e. The molecule has 15 heavy (non-hydrogen) atoms. The number of rotatable bonds is 2. The van der Waals surface area contributed by atoms with Gasteiger partial charge in [-0.25, -0.2) is 0 Å². The molecule has 2 rings (SSSR count). The van der Waals surface area contributed by atoms with E-state index in [1.807, 2.05) is 48.6 Å². The number of allylic oxidation sites excluding steroid dienone is 4. The number of thiocarbonyl (C=S) groups is 1. The number of carbonyl (C=O) groups is 1. The fourth-order valence-corrected chi connectivity index (χ4v) is 1.78. The van der Waals surface area contributed by atoms with Crippen LogP contribution in [0.25, 0.3) is 5.57 Å². The lowest BCUT2D eigenvalue weighted by atomic mass is 9.94. The summed E-state index contributed by atoms with van der Waals surface area (Å²) in [6.45, 7) is 0. The van der Waals surface area contributed by atoms with Gasteiger partial charge >= 0.3 is 0 Å². The second kappa shape index (κ2) is 4.32. The third kappa shape index (κ3) is 2.10. The van der Waals surface area contributed by atoms with E-state index in [9.17, 15) is 4.79 Å². The normalized spacial score (nSPS) is 19.9. The topological polar surface area (TPSA) is 17.1 Å². The van der Waals surface area contributed by atoms with Crippen LogP contribution in [0.2, 0.25) is 0 Å². The van der Waals surface area contributed by atoms with Crippen molar-refractivity contribution in [2.45, 2.75) is 0 Å². The highest BCUT2D eigenvalue weighted by molar-refractivity contribution is 7.80. The molecule has 1 aliphatic carbocycles. The lowest BCUT2D eigenvalue weighted by Gasteiger charge is -2.12. The molecule has 0 bridgehead atoms. The van der Waals surface area contributed by atoms with Crippen molar-refractivity contribution in [1.82, 2.24) is 0 Å². The van der Waals surface area contributed by atoms with Gasteiger partial charge in [0.2, 0.25) is 0 Å². The molecule has 74 valence electrons. The SMILES string of the molecule is O=CC1C=CC(c2ccccc2)=CC1=S. The van der Waals surface area contributed by atoms with Gasteiger partial charge in [-0.15, -0.1) is 0 Å². The molecule has 0 radical (unpaired) electrons. The highest BCUT2D eigenvalue weighted by atomic mass is 32.1. The summed E-state index contributed by atoms with van der Waals surface area (Å²) in [4.78, 5) is 11.3. The maximum atomic E-state index is 10.6. The molecule has 2 heteroatoms. The predicted octanol–water partition coefficient (Wildman–Crippen LogP) is 2.82. The van der Waals surface area contributed by atoms with Crippen molar-refractivity contribution in [3.05, 3.63) is 54.1 Å². The number of hydrogen-bond donors (Lipinski definition) is 0. The number of hydrogen-bond acceptors (Lipinski definition) is 2. The number of aldehydes is 1. The van der Waals surface area contributed by atoms with Crippen molar-refractivity contribution in [1.29, 1.82) is 0 Å². The lowest BCUT2D eigenvalue weighted by Crippen LogP contribution is -2.12. The van der Waals surface area contributed by atoms with E-state index < -0.39 is 0 Å². The summed E-state index contributed by atoms with van der Waals surface area (Å²) >= 11 is 5.14. The van der Waals surface area contributed by atoms with Crippen LogP contribution in [0.4, 0.5) is 0 Å². The Morgan fingerprint density at radius 2 is 1.93 bits per heavy atom. The first-order valence-corrected chi connectivity index (χ1v) is 5.16. The monoisotopic (exact) mass is 214 g/mol. The fourth-order valence-electron chi connectivity index (χ4n) is 1.52. The molecule has 1 nitrogen and oxygen atoms in total. The third-order valence-corrected chi connectivity index (χ3v) is 2.75. The zero-order valence-electron chi connectivity index (χ0n) is 8.09. The standard InChI is InChI=1S/C13H10OS/c14-9-12-7-6-11(8-13(12)15)10-4-2-1-3-5-10/h1-9,12H. The third-order valence-electron chi connectivity index (χ3n) is 2.36. The van der Waals surface area contributed by atoms with Gasteiger partial charge in [-0.2, -0.15) is 0 Å². The maximum absolute atomic E-state index is 10.6. The Kier molecular flexibility index (Phi) is 2.88. The van der Waals surface area contributed by atoms with Gasteiger partial charge in [0.1, 0.15) is 6.29 Å². The summed E-state index contributed by atoms with van der Waals surface area (Å²) in [5, 5.41) is 0. The first-order chi connectivity index (χ1) is 7.31. The van der Waals surface area contributed by atoms with E-state index >= 15 is 0 Å². The van der Waals surface area contributed by atoms with Gasteiger partial charge in [-0.05, 0) is 17.2 Å². The van der Waals surface area contributed by atoms with E-state index in [-0.39, 0.29) is 5.92 Å². The molecule has 1 aromatic carbocycles. The lowest BCUT2D eigenvalue weighted by molar-refractivity contribution is -0.108. The van der Waals surface area contributed by atoms with Gasteiger partial charge in [-0.1, -0.05) is 54.7 Å². The van der Waals surface area contributed by atoms with Crippen LogP contribution in [-0.2, 0) is 4.79 Å². The van der Waals surface area contributed by atoms with E-state index in [4.69, 9.17) is 12.2 Å². The Morgan fingerprint density at radius 3 is 2.53 bits per heavy atom. The summed E-state index contributed by atoms with van der Waals surface area (Å²) in [5.74, 6) is -0.229. The molecule has 0 aromatic heterocycles. The summed E-state index contributed by atoms with van der Waals surface area (Å²) < 4.78 is 0. The smallest absolute Gasteiger partial charge is 0.132 e. The molecule has 0 aliphatic heterocycles. The predicted molar refractivity (Wildman–Crippen MR) is 65.7 cm³/mol. The summed E-state index contributed by atoms with van der Waals surface area (Å²) in [6.07, 6.45) is 6.56. The Morgan fingerprint density at radius 1 is 1.20 bits per heavy atom. The second-order valence-electron chi connectivity index (χ2n) is 3.39. The molecule has 0 heterocycles. The van der Waals surface area contributed by atoms with Crippen molar-refractivity contribution in [3.63, 3.8) is 0 Å². The molecule has 0 N–H and O–H groups in total. The van der Waals surface area contributed by atoms with E-state index in [1.165, 1.54) is 0 Å². The van der Waals surface area contributed by atoms with Crippen LogP contribution in [0.1, 0.15) is 5.56 Å². The van der Waals surface area contributed by atoms with Crippen LogP contribution in [-0.4, -0.2) is 11.2 Å². The molecular weight excluding hydrogens is 204 g/mol. The zero-order chi connectivity index (χ0) is 10.7. The van der Waals surface area contributed by atoms with Crippen LogP contribution in [0.15, 0.2) is 48.6 Å². The highest BCUT2D eigenvalue weighted by Crippen LogP contribution is 2.21. The second-order valence-corrected chi connectivity index (χ2v) is 3.86. The maximum Gasteiger partial charge on any atom is 0.132 e. The first-order valence-electron chi connectivity index (χ1n) is 4.76. The first kappa shape index (κ1) is 9.99. The summed E-state index contributed by atoms with van der Waals surface area (Å²) in [5.41, 5.74) is 2.19. The average Bonchev–Trinajstić information content (AvgIpc) is 2.30. The van der Waals surface area contributed by atoms with Crippen LogP contribution in [0.3, 0.4) is 0 Å². The van der Waals surface area contributed by atoms with Gasteiger partial charge in [0.05, 0.1) is 5.92 Å². The molecule has 0 spiro atoms. The minimum absolute atomic E-state index is 0.229. The largest absolute Gasteiger partial charge is 0.302 e. The van der Waals surface area contributed by atoms with Gasteiger partial charge < -0.3 is 4.79 Å². The van der Waals surface area contributed by atoms with Crippen molar-refractivity contribution in [3.8, 4) is 0 Å². The van der Waals surface area contributed by atoms with E-state index in [0.29, 0.717) is 4.86 Å². The molecule has 0 saturated heterocycles. The van der Waals surface area contributed by atoms with Crippen molar-refractivity contribution in [2.75, 3.05) is 0 Å². The quantitative estimate of drug-likeness (QED) is 0.556. The summed E-state index contributed by atoms with van der Waals surface area (Å²) in [6, 6.07) is 10.0. The molecule has 1 aliphatic rings. The van der Waals surface area contributed by atoms with Crippen LogP contribution in [0, 0.1) is 5.92 Å². The molecular formula is C13H10OS. The van der Waals surface area contributed by atoms with E-state index in [2.05, 4.69) is 0 Å². The van der Waals surface area contributed by atoms with Crippen LogP contribution >= 0.6 is 12.2 Å². The Labute approximate surface area is 94.1 Å².